The summed E-state index contributed by atoms with van der Waals surface area (Å²) in [4.78, 5) is 27.6. The lowest BCUT2D eigenvalue weighted by Gasteiger charge is -2.31. The van der Waals surface area contributed by atoms with Crippen LogP contribution in [0, 0.1) is 12.8 Å². The minimum Gasteiger partial charge on any atom is -0.337 e. The average molecular weight is 407 g/mol. The Balaban J connectivity index is 1.64. The molecule has 6 heteroatoms. The van der Waals surface area contributed by atoms with Crippen molar-refractivity contribution >= 4 is 44.8 Å². The van der Waals surface area contributed by atoms with Crippen LogP contribution in [-0.4, -0.2) is 29.8 Å². The zero-order chi connectivity index (χ0) is 17.1. The van der Waals surface area contributed by atoms with Gasteiger partial charge in [0.2, 0.25) is 5.91 Å². The number of hydrogen-bond donors (Lipinski definition) is 1. The summed E-state index contributed by atoms with van der Waals surface area (Å²) in [6.07, 6.45) is 1.67. The second-order valence-corrected chi connectivity index (χ2v) is 7.82. The summed E-state index contributed by atoms with van der Waals surface area (Å²) >= 11 is 4.90. The fraction of sp³-hybridized carbons (Fsp3) is 0.333. The lowest BCUT2D eigenvalue weighted by Crippen LogP contribution is -2.43. The number of piperidine rings is 1. The zero-order valence-electron chi connectivity index (χ0n) is 13.4. The monoisotopic (exact) mass is 406 g/mol. The Morgan fingerprint density at radius 2 is 2.17 bits per heavy atom. The Morgan fingerprint density at radius 3 is 2.88 bits per heavy atom. The molecule has 0 aliphatic carbocycles. The summed E-state index contributed by atoms with van der Waals surface area (Å²) < 4.78 is 1.02. The molecule has 126 valence electrons. The molecule has 2 aromatic rings. The summed E-state index contributed by atoms with van der Waals surface area (Å²) in [5.41, 5.74) is 1.87. The first kappa shape index (κ1) is 17.2. The van der Waals surface area contributed by atoms with Gasteiger partial charge in [0.25, 0.3) is 5.91 Å². The smallest absolute Gasteiger partial charge is 0.263 e. The molecule has 0 bridgehead atoms. The molecule has 0 spiro atoms. The Kier molecular flexibility index (Phi) is 5.36. The third-order valence-electron chi connectivity index (χ3n) is 4.24. The van der Waals surface area contributed by atoms with Crippen LogP contribution >= 0.6 is 27.3 Å². The van der Waals surface area contributed by atoms with Gasteiger partial charge in [0.15, 0.2) is 0 Å². The number of nitrogens with zero attached hydrogens (tertiary/aromatic N) is 1. The Morgan fingerprint density at radius 1 is 1.33 bits per heavy atom. The number of hydrogen-bond acceptors (Lipinski definition) is 3. The van der Waals surface area contributed by atoms with Crippen LogP contribution in [0.5, 0.6) is 0 Å². The van der Waals surface area contributed by atoms with Crippen molar-refractivity contribution in [3.8, 4) is 0 Å². The largest absolute Gasteiger partial charge is 0.337 e. The maximum Gasteiger partial charge on any atom is 0.263 e. The molecule has 24 heavy (non-hydrogen) atoms. The Bertz CT molecular complexity index is 745. The van der Waals surface area contributed by atoms with Crippen LogP contribution in [0.15, 0.2) is 40.2 Å². The van der Waals surface area contributed by atoms with Gasteiger partial charge < -0.3 is 10.2 Å². The molecule has 0 saturated carbocycles. The van der Waals surface area contributed by atoms with E-state index in [4.69, 9.17) is 0 Å². The van der Waals surface area contributed by atoms with E-state index in [2.05, 4.69) is 21.2 Å². The summed E-state index contributed by atoms with van der Waals surface area (Å²) in [7, 11) is 0. The van der Waals surface area contributed by atoms with Crippen LogP contribution in [0.4, 0.5) is 5.69 Å². The molecule has 4 nitrogen and oxygen atoms in total. The van der Waals surface area contributed by atoms with Crippen molar-refractivity contribution in [1.82, 2.24) is 4.90 Å². The van der Waals surface area contributed by atoms with Gasteiger partial charge >= 0.3 is 0 Å². The number of carbonyl (C=O) groups is 2. The third-order valence-corrected chi connectivity index (χ3v) is 5.98. The number of likely N-dealkylation sites (tertiary alicyclic amines) is 1. The Hall–Kier alpha value is -1.66. The molecule has 0 unspecified atom stereocenters. The minimum absolute atomic E-state index is 0.0135. The van der Waals surface area contributed by atoms with E-state index in [0.29, 0.717) is 6.54 Å². The molecule has 0 radical (unpaired) electrons. The number of benzene rings is 1. The fourth-order valence-electron chi connectivity index (χ4n) is 2.90. The van der Waals surface area contributed by atoms with Crippen LogP contribution in [0.2, 0.25) is 0 Å². The third kappa shape index (κ3) is 3.87. The molecule has 1 aliphatic rings. The van der Waals surface area contributed by atoms with Gasteiger partial charge in [-0.1, -0.05) is 22.0 Å². The predicted octanol–water partition coefficient (Wildman–Crippen LogP) is 4.31. The summed E-state index contributed by atoms with van der Waals surface area (Å²) in [6, 6.07) is 9.47. The van der Waals surface area contributed by atoms with E-state index in [1.807, 2.05) is 42.6 Å². The first-order valence-corrected chi connectivity index (χ1v) is 9.61. The standard InChI is InChI=1S/C18H19BrN2O2S/c1-12-10-14(6-7-15(12)19)20-17(22)13-4-2-8-21(11-13)18(23)16-5-3-9-24-16/h3,5-7,9-10,13H,2,4,8,11H2,1H3,(H,20,22)/t13-/m0/s1. The predicted molar refractivity (Wildman–Crippen MR) is 100 cm³/mol. The summed E-state index contributed by atoms with van der Waals surface area (Å²) in [5.74, 6) is -0.144. The van der Waals surface area contributed by atoms with Crippen molar-refractivity contribution in [3.63, 3.8) is 0 Å². The fourth-order valence-corrected chi connectivity index (χ4v) is 3.84. The summed E-state index contributed by atoms with van der Waals surface area (Å²) in [6.45, 7) is 3.19. The normalized spacial score (nSPS) is 17.6. The zero-order valence-corrected chi connectivity index (χ0v) is 15.8. The molecule has 1 N–H and O–H groups in total. The van der Waals surface area contributed by atoms with Crippen molar-refractivity contribution in [2.24, 2.45) is 5.92 Å². The van der Waals surface area contributed by atoms with Crippen molar-refractivity contribution in [2.45, 2.75) is 19.8 Å². The maximum absolute atomic E-state index is 12.6. The average Bonchev–Trinajstić information content (AvgIpc) is 3.12. The lowest BCUT2D eigenvalue weighted by molar-refractivity contribution is -0.121. The van der Waals surface area contributed by atoms with E-state index >= 15 is 0 Å². The quantitative estimate of drug-likeness (QED) is 0.825. The summed E-state index contributed by atoms with van der Waals surface area (Å²) in [5, 5.41) is 4.88. The van der Waals surface area contributed by atoms with Gasteiger partial charge in [-0.2, -0.15) is 0 Å². The molecule has 1 saturated heterocycles. The molecular weight excluding hydrogens is 388 g/mol. The van der Waals surface area contributed by atoms with Crippen molar-refractivity contribution in [3.05, 3.63) is 50.6 Å². The van der Waals surface area contributed by atoms with Crippen LogP contribution in [-0.2, 0) is 4.79 Å². The van der Waals surface area contributed by atoms with Gasteiger partial charge in [-0.3, -0.25) is 9.59 Å². The van der Waals surface area contributed by atoms with E-state index in [1.165, 1.54) is 11.3 Å². The molecule has 1 aromatic heterocycles. The molecule has 2 amide bonds. The van der Waals surface area contributed by atoms with E-state index in [0.717, 1.165) is 40.0 Å². The highest BCUT2D eigenvalue weighted by Gasteiger charge is 2.29. The van der Waals surface area contributed by atoms with Crippen LogP contribution in [0.3, 0.4) is 0 Å². The van der Waals surface area contributed by atoms with E-state index in [-0.39, 0.29) is 17.7 Å². The number of carbonyl (C=O) groups excluding carboxylic acids is 2. The molecular formula is C18H19BrN2O2S. The number of anilines is 1. The van der Waals surface area contributed by atoms with E-state index < -0.39 is 0 Å². The number of amides is 2. The topological polar surface area (TPSA) is 49.4 Å². The number of halogens is 1. The second-order valence-electron chi connectivity index (χ2n) is 6.02. The van der Waals surface area contributed by atoms with Crippen molar-refractivity contribution < 1.29 is 9.59 Å². The SMILES string of the molecule is Cc1cc(NC(=O)[C@H]2CCCN(C(=O)c3cccs3)C2)ccc1Br. The van der Waals surface area contributed by atoms with Crippen molar-refractivity contribution in [1.29, 1.82) is 0 Å². The highest BCUT2D eigenvalue weighted by molar-refractivity contribution is 9.10. The number of rotatable bonds is 3. The van der Waals surface area contributed by atoms with Gasteiger partial charge in [-0.25, -0.2) is 0 Å². The maximum atomic E-state index is 12.6. The molecule has 1 atom stereocenters. The first-order valence-electron chi connectivity index (χ1n) is 7.94. The minimum atomic E-state index is -0.161. The van der Waals surface area contributed by atoms with Gasteiger partial charge in [0.1, 0.15) is 0 Å². The highest BCUT2D eigenvalue weighted by atomic mass is 79.9. The van der Waals surface area contributed by atoms with E-state index in [1.54, 1.807) is 4.90 Å². The van der Waals surface area contributed by atoms with Gasteiger partial charge in [0.05, 0.1) is 10.8 Å². The van der Waals surface area contributed by atoms with Crippen LogP contribution < -0.4 is 5.32 Å². The molecule has 3 rings (SSSR count). The molecule has 1 aliphatic heterocycles. The lowest BCUT2D eigenvalue weighted by atomic mass is 9.96. The van der Waals surface area contributed by atoms with Gasteiger partial charge in [0, 0.05) is 23.2 Å². The Labute approximate surface area is 154 Å². The van der Waals surface area contributed by atoms with E-state index in [9.17, 15) is 9.59 Å². The van der Waals surface area contributed by atoms with Gasteiger partial charge in [-0.05, 0) is 55.0 Å². The number of nitrogens with one attached hydrogen (secondary N) is 1. The number of thiophene rings is 1. The highest BCUT2D eigenvalue weighted by Crippen LogP contribution is 2.24. The van der Waals surface area contributed by atoms with Crippen molar-refractivity contribution in [2.75, 3.05) is 18.4 Å². The first-order chi connectivity index (χ1) is 11.5. The number of aryl methyl sites for hydroxylation is 1. The molecule has 2 heterocycles. The molecule has 1 fully saturated rings. The van der Waals surface area contributed by atoms with Crippen LogP contribution in [0.25, 0.3) is 0 Å². The van der Waals surface area contributed by atoms with Gasteiger partial charge in [-0.15, -0.1) is 11.3 Å². The molecule has 1 aromatic carbocycles. The van der Waals surface area contributed by atoms with Crippen LogP contribution in [0.1, 0.15) is 28.1 Å². The second kappa shape index (κ2) is 7.49.